The molecule has 35 heavy (non-hydrogen) atoms. The molecule has 2 aliphatic rings. The van der Waals surface area contributed by atoms with E-state index >= 15 is 0 Å². The maximum Gasteiger partial charge on any atom is 0.295 e. The van der Waals surface area contributed by atoms with Crippen LogP contribution in [-0.2, 0) is 29.1 Å². The number of carbonyl (C=O) groups excluding carboxylic acids is 2. The van der Waals surface area contributed by atoms with Crippen LogP contribution in [0.15, 0.2) is 59.0 Å². The second kappa shape index (κ2) is 10.3. The average Bonchev–Trinajstić information content (AvgIpc) is 3.13. The average molecular weight is 501 g/mol. The zero-order valence-corrected chi connectivity index (χ0v) is 20.5. The Kier molecular flexibility index (Phi) is 7.36. The van der Waals surface area contributed by atoms with Crippen molar-refractivity contribution in [3.8, 4) is 0 Å². The van der Waals surface area contributed by atoms with E-state index in [0.717, 1.165) is 5.56 Å². The lowest BCUT2D eigenvalue weighted by atomic mass is 9.95. The summed E-state index contributed by atoms with van der Waals surface area (Å²) in [6.07, 6.45) is 0. The standard InChI is InChI=1S/C25H28N2O7S/c1-17-3-5-18(6-4-17)22-21(24(29)25(30)27(22)13-14-33-2)23(28)19-7-9-20(10-8-19)35(31,32)26-11-15-34-16-12-26/h3-10,22,28H,11-16H2,1-2H3/b23-21-. The first kappa shape index (κ1) is 25.1. The third-order valence-electron chi connectivity index (χ3n) is 6.20. The van der Waals surface area contributed by atoms with E-state index in [4.69, 9.17) is 9.47 Å². The maximum atomic E-state index is 13.0. The number of morpholine rings is 1. The molecular weight excluding hydrogens is 472 g/mol. The molecule has 0 aliphatic carbocycles. The number of rotatable bonds is 7. The van der Waals surface area contributed by atoms with Gasteiger partial charge in [-0.25, -0.2) is 8.42 Å². The predicted octanol–water partition coefficient (Wildman–Crippen LogP) is 2.08. The Labute approximate surface area is 204 Å². The topological polar surface area (TPSA) is 113 Å². The van der Waals surface area contributed by atoms with Gasteiger partial charge in [0.25, 0.3) is 11.7 Å². The summed E-state index contributed by atoms with van der Waals surface area (Å²) in [6, 6.07) is 12.3. The lowest BCUT2D eigenvalue weighted by Gasteiger charge is -2.26. The number of amides is 1. The first-order valence-corrected chi connectivity index (χ1v) is 12.7. The summed E-state index contributed by atoms with van der Waals surface area (Å²) in [5, 5.41) is 11.2. The quantitative estimate of drug-likeness (QED) is 0.352. The fourth-order valence-corrected chi connectivity index (χ4v) is 5.68. The van der Waals surface area contributed by atoms with E-state index in [-0.39, 0.29) is 48.0 Å². The number of aryl methyl sites for hydroxylation is 1. The normalized spacial score (nSPS) is 21.0. The Morgan fingerprint density at radius 1 is 1.06 bits per heavy atom. The lowest BCUT2D eigenvalue weighted by Crippen LogP contribution is -2.40. The smallest absolute Gasteiger partial charge is 0.295 e. The number of aliphatic hydroxyl groups is 1. The third kappa shape index (κ3) is 4.87. The summed E-state index contributed by atoms with van der Waals surface area (Å²) in [6.45, 7) is 3.53. The molecule has 0 radical (unpaired) electrons. The predicted molar refractivity (Wildman–Crippen MR) is 128 cm³/mol. The number of Topliss-reactive ketones (excluding diaryl/α,β-unsaturated/α-hetero) is 1. The summed E-state index contributed by atoms with van der Waals surface area (Å²) < 4.78 is 37.5. The highest BCUT2D eigenvalue weighted by Crippen LogP contribution is 2.39. The zero-order chi connectivity index (χ0) is 25.2. The van der Waals surface area contributed by atoms with Crippen LogP contribution in [0.2, 0.25) is 0 Å². The fraction of sp³-hybridized carbons (Fsp3) is 0.360. The van der Waals surface area contributed by atoms with Crippen LogP contribution in [0.1, 0.15) is 22.7 Å². The van der Waals surface area contributed by atoms with Crippen LogP contribution in [0.25, 0.3) is 5.76 Å². The first-order valence-electron chi connectivity index (χ1n) is 11.3. The fourth-order valence-electron chi connectivity index (χ4n) is 4.27. The second-order valence-electron chi connectivity index (χ2n) is 8.44. The number of ketones is 1. The van der Waals surface area contributed by atoms with Crippen molar-refractivity contribution < 1.29 is 32.6 Å². The molecule has 1 N–H and O–H groups in total. The van der Waals surface area contributed by atoms with Gasteiger partial charge in [0.05, 0.1) is 36.3 Å². The molecule has 1 amide bonds. The van der Waals surface area contributed by atoms with Crippen LogP contribution in [0, 0.1) is 6.92 Å². The van der Waals surface area contributed by atoms with E-state index < -0.39 is 27.8 Å². The molecule has 2 heterocycles. The lowest BCUT2D eigenvalue weighted by molar-refractivity contribution is -0.140. The van der Waals surface area contributed by atoms with Crippen LogP contribution < -0.4 is 0 Å². The second-order valence-corrected chi connectivity index (χ2v) is 10.4. The van der Waals surface area contributed by atoms with Crippen molar-refractivity contribution >= 4 is 27.5 Å². The van der Waals surface area contributed by atoms with E-state index in [0.29, 0.717) is 18.8 Å². The van der Waals surface area contributed by atoms with E-state index in [2.05, 4.69) is 0 Å². The molecule has 2 aliphatic heterocycles. The van der Waals surface area contributed by atoms with Crippen molar-refractivity contribution in [2.24, 2.45) is 0 Å². The maximum absolute atomic E-state index is 13.0. The summed E-state index contributed by atoms with van der Waals surface area (Å²) in [5.74, 6) is -1.88. The Morgan fingerprint density at radius 3 is 2.29 bits per heavy atom. The Morgan fingerprint density at radius 2 is 1.69 bits per heavy atom. The van der Waals surface area contributed by atoms with Gasteiger partial charge >= 0.3 is 0 Å². The minimum Gasteiger partial charge on any atom is -0.507 e. The third-order valence-corrected chi connectivity index (χ3v) is 8.12. The molecule has 0 aromatic heterocycles. The molecule has 9 nitrogen and oxygen atoms in total. The summed E-state index contributed by atoms with van der Waals surface area (Å²) in [4.78, 5) is 27.3. The first-order chi connectivity index (χ1) is 16.8. The van der Waals surface area contributed by atoms with E-state index in [1.54, 1.807) is 0 Å². The molecule has 2 aromatic rings. The minimum absolute atomic E-state index is 0.0428. The highest BCUT2D eigenvalue weighted by Gasteiger charge is 2.45. The van der Waals surface area contributed by atoms with Gasteiger partial charge in [0.15, 0.2) is 0 Å². The van der Waals surface area contributed by atoms with Crippen LogP contribution >= 0.6 is 0 Å². The van der Waals surface area contributed by atoms with Crippen molar-refractivity contribution in [3.63, 3.8) is 0 Å². The molecule has 2 saturated heterocycles. The van der Waals surface area contributed by atoms with Gasteiger partial charge in [0.2, 0.25) is 10.0 Å². The number of nitrogens with zero attached hydrogens (tertiary/aromatic N) is 2. The Bertz CT molecular complexity index is 1230. The van der Waals surface area contributed by atoms with Crippen molar-refractivity contribution in [1.82, 2.24) is 9.21 Å². The molecule has 2 aromatic carbocycles. The highest BCUT2D eigenvalue weighted by molar-refractivity contribution is 7.89. The van der Waals surface area contributed by atoms with Crippen LogP contribution in [-0.4, -0.2) is 81.0 Å². The van der Waals surface area contributed by atoms with Gasteiger partial charge in [-0.05, 0) is 36.8 Å². The number of hydrogen-bond donors (Lipinski definition) is 1. The van der Waals surface area contributed by atoms with Gasteiger partial charge in [-0.1, -0.05) is 29.8 Å². The van der Waals surface area contributed by atoms with Crippen LogP contribution in [0.5, 0.6) is 0 Å². The van der Waals surface area contributed by atoms with Crippen molar-refractivity contribution in [1.29, 1.82) is 0 Å². The molecule has 0 bridgehead atoms. The largest absolute Gasteiger partial charge is 0.507 e. The molecule has 0 saturated carbocycles. The number of carbonyl (C=O) groups is 2. The number of sulfonamides is 1. The molecule has 1 unspecified atom stereocenters. The van der Waals surface area contributed by atoms with Crippen LogP contribution in [0.3, 0.4) is 0 Å². The number of hydrogen-bond acceptors (Lipinski definition) is 7. The van der Waals surface area contributed by atoms with Crippen molar-refractivity contribution in [3.05, 3.63) is 70.8 Å². The monoisotopic (exact) mass is 500 g/mol. The Balaban J connectivity index is 1.73. The highest BCUT2D eigenvalue weighted by atomic mass is 32.2. The molecule has 2 fully saturated rings. The van der Waals surface area contributed by atoms with Gasteiger partial charge in [0, 0.05) is 32.3 Å². The van der Waals surface area contributed by atoms with Gasteiger partial charge in [-0.15, -0.1) is 0 Å². The van der Waals surface area contributed by atoms with Gasteiger partial charge in [-0.3, -0.25) is 9.59 Å². The summed E-state index contributed by atoms with van der Waals surface area (Å²) >= 11 is 0. The minimum atomic E-state index is -3.71. The number of methoxy groups -OCH3 is 1. The van der Waals surface area contributed by atoms with E-state index in [1.807, 2.05) is 31.2 Å². The van der Waals surface area contributed by atoms with Gasteiger partial charge in [-0.2, -0.15) is 4.31 Å². The van der Waals surface area contributed by atoms with E-state index in [1.165, 1.54) is 40.6 Å². The van der Waals surface area contributed by atoms with Crippen molar-refractivity contribution in [2.75, 3.05) is 46.6 Å². The molecule has 0 spiro atoms. The molecule has 1 atom stereocenters. The Hall–Kier alpha value is -3.05. The SMILES string of the molecule is COCCN1C(=O)C(=O)/C(=C(\O)c2ccc(S(=O)(=O)N3CCOCC3)cc2)C1c1ccc(C)cc1. The number of ether oxygens (including phenoxy) is 2. The molecule has 10 heteroatoms. The molecule has 4 rings (SSSR count). The zero-order valence-electron chi connectivity index (χ0n) is 19.6. The number of likely N-dealkylation sites (tertiary alicyclic amines) is 1. The molecular formula is C25H28N2O7S. The van der Waals surface area contributed by atoms with Crippen LogP contribution in [0.4, 0.5) is 0 Å². The summed E-state index contributed by atoms with van der Waals surface area (Å²) in [5.41, 5.74) is 1.89. The number of benzene rings is 2. The number of aliphatic hydroxyl groups excluding tert-OH is 1. The molecule has 186 valence electrons. The van der Waals surface area contributed by atoms with Gasteiger partial charge < -0.3 is 19.5 Å². The van der Waals surface area contributed by atoms with Gasteiger partial charge in [0.1, 0.15) is 5.76 Å². The van der Waals surface area contributed by atoms with Crippen molar-refractivity contribution in [2.45, 2.75) is 17.9 Å². The summed E-state index contributed by atoms with van der Waals surface area (Å²) in [7, 11) is -2.20. The van der Waals surface area contributed by atoms with E-state index in [9.17, 15) is 23.1 Å².